The van der Waals surface area contributed by atoms with E-state index in [1.807, 2.05) is 30.5 Å². The topological polar surface area (TPSA) is 54.5 Å². The number of rotatable bonds is 4. The number of nitriles is 1. The maximum Gasteiger partial charge on any atom is 0.0991 e. The molecule has 0 amide bonds. The van der Waals surface area contributed by atoms with Crippen LogP contribution in [0.5, 0.6) is 0 Å². The van der Waals surface area contributed by atoms with E-state index in [-0.39, 0.29) is 0 Å². The van der Waals surface area contributed by atoms with E-state index in [9.17, 15) is 5.26 Å². The van der Waals surface area contributed by atoms with Crippen molar-refractivity contribution in [2.45, 2.75) is 0 Å². The van der Waals surface area contributed by atoms with E-state index in [0.717, 1.165) is 77.1 Å². The molecule has 3 aromatic heterocycles. The highest BCUT2D eigenvalue weighted by atomic mass is 15.0. The lowest BCUT2D eigenvalue weighted by molar-refractivity contribution is 1.18. The van der Waals surface area contributed by atoms with Gasteiger partial charge in [0, 0.05) is 44.4 Å². The lowest BCUT2D eigenvalue weighted by Gasteiger charge is -2.18. The normalized spacial score (nSPS) is 11.7. The molecular weight excluding hydrogens is 717 g/mol. The van der Waals surface area contributed by atoms with Crippen LogP contribution in [0.25, 0.3) is 115 Å². The Hall–Kier alpha value is -8.13. The van der Waals surface area contributed by atoms with E-state index in [0.29, 0.717) is 5.56 Å². The third kappa shape index (κ3) is 5.02. The molecule has 0 fully saturated rings. The van der Waals surface area contributed by atoms with Crippen molar-refractivity contribution in [3.63, 3.8) is 0 Å². The minimum atomic E-state index is 0.647. The number of para-hydroxylation sites is 1. The van der Waals surface area contributed by atoms with Gasteiger partial charge in [0.1, 0.15) is 0 Å². The maximum atomic E-state index is 9.93. The van der Waals surface area contributed by atoms with Crippen LogP contribution in [0.4, 0.5) is 0 Å². The summed E-state index contributed by atoms with van der Waals surface area (Å²) >= 11 is 0. The molecule has 3 heterocycles. The number of benzene rings is 9. The van der Waals surface area contributed by atoms with Gasteiger partial charge in [0.2, 0.25) is 0 Å². The summed E-state index contributed by atoms with van der Waals surface area (Å²) in [6.45, 7) is 0. The number of nitrogens with zero attached hydrogens (tertiary/aromatic N) is 4. The van der Waals surface area contributed by atoms with Crippen molar-refractivity contribution in [3.8, 4) is 45.3 Å². The monoisotopic (exact) mass is 748 g/mol. The number of hydrogen-bond donors (Lipinski definition) is 0. The van der Waals surface area contributed by atoms with Crippen molar-refractivity contribution in [1.29, 1.82) is 5.26 Å². The van der Waals surface area contributed by atoms with Crippen LogP contribution in [-0.4, -0.2) is 14.5 Å². The molecule has 59 heavy (non-hydrogen) atoms. The van der Waals surface area contributed by atoms with Gasteiger partial charge in [0.15, 0.2) is 0 Å². The Bertz CT molecular complexity index is 3670. The fourth-order valence-corrected chi connectivity index (χ4v) is 9.43. The third-order valence-electron chi connectivity index (χ3n) is 12.0. The molecule has 0 aliphatic carbocycles. The van der Waals surface area contributed by atoms with Crippen LogP contribution in [0, 0.1) is 11.3 Å². The third-order valence-corrected chi connectivity index (χ3v) is 12.0. The van der Waals surface area contributed by atoms with Gasteiger partial charge in [-0.05, 0) is 97.7 Å². The molecule has 4 nitrogen and oxygen atoms in total. The van der Waals surface area contributed by atoms with Crippen LogP contribution >= 0.6 is 0 Å². The zero-order valence-electron chi connectivity index (χ0n) is 31.8. The number of fused-ring (bicyclic) bond motifs is 10. The fourth-order valence-electron chi connectivity index (χ4n) is 9.43. The summed E-state index contributed by atoms with van der Waals surface area (Å²) in [5, 5.41) is 21.3. The maximum absolute atomic E-state index is 9.93. The van der Waals surface area contributed by atoms with Crippen molar-refractivity contribution >= 4 is 75.9 Å². The molecule has 0 unspecified atom stereocenters. The molecule has 0 radical (unpaired) electrons. The lowest BCUT2D eigenvalue weighted by Crippen LogP contribution is -1.95. The van der Waals surface area contributed by atoms with Gasteiger partial charge in [-0.15, -0.1) is 0 Å². The second kappa shape index (κ2) is 13.0. The minimum Gasteiger partial charge on any atom is -0.309 e. The van der Waals surface area contributed by atoms with Gasteiger partial charge in [-0.25, -0.2) is 4.98 Å². The van der Waals surface area contributed by atoms with Crippen LogP contribution in [0.1, 0.15) is 5.56 Å². The Balaban J connectivity index is 1.13. The first-order chi connectivity index (χ1) is 29.2. The first kappa shape index (κ1) is 33.1. The van der Waals surface area contributed by atoms with Gasteiger partial charge in [-0.1, -0.05) is 140 Å². The SMILES string of the molecule is N#Cc1ccc2c(c1)c1cc(-c3c4ccccc4c(-c4ccc5c(c4)nc(-c4ccccc4)c4ncc6ccccc6c45)c4ccccc34)ccc1n2-c1ccccc1. The summed E-state index contributed by atoms with van der Waals surface area (Å²) in [6, 6.07) is 68.9. The van der Waals surface area contributed by atoms with Gasteiger partial charge >= 0.3 is 0 Å². The molecule has 4 heteroatoms. The van der Waals surface area contributed by atoms with E-state index < -0.39 is 0 Å². The Kier molecular flexibility index (Phi) is 7.26. The van der Waals surface area contributed by atoms with Crippen LogP contribution in [0.15, 0.2) is 194 Å². The number of aromatic nitrogens is 3. The zero-order valence-corrected chi connectivity index (χ0v) is 31.8. The van der Waals surface area contributed by atoms with Gasteiger partial charge in [0.25, 0.3) is 0 Å². The summed E-state index contributed by atoms with van der Waals surface area (Å²) < 4.78 is 2.30. The summed E-state index contributed by atoms with van der Waals surface area (Å²) in [5.74, 6) is 0. The highest BCUT2D eigenvalue weighted by molar-refractivity contribution is 6.24. The molecule has 272 valence electrons. The molecule has 9 aromatic carbocycles. The van der Waals surface area contributed by atoms with E-state index in [2.05, 4.69) is 174 Å². The summed E-state index contributed by atoms with van der Waals surface area (Å²) in [6.07, 6.45) is 1.97. The van der Waals surface area contributed by atoms with Crippen molar-refractivity contribution in [1.82, 2.24) is 14.5 Å². The molecule has 0 saturated heterocycles. The molecule has 12 aromatic rings. The Morgan fingerprint density at radius 1 is 0.441 bits per heavy atom. The zero-order chi connectivity index (χ0) is 39.0. The van der Waals surface area contributed by atoms with E-state index in [4.69, 9.17) is 9.97 Å². The van der Waals surface area contributed by atoms with Gasteiger partial charge in [0.05, 0.1) is 39.4 Å². The van der Waals surface area contributed by atoms with Gasteiger partial charge < -0.3 is 4.57 Å². The molecule has 0 atom stereocenters. The molecule has 0 aliphatic rings. The molecular formula is C55H32N4. The molecule has 0 spiro atoms. The largest absolute Gasteiger partial charge is 0.309 e. The standard InChI is InChI=1S/C55H32N4/c56-32-34-23-27-49-46(29-34)47-30-36(25-28-50(47)59(49)39-16-5-2-6-17-39)51-41-19-9-11-21-43(41)52(44-22-12-10-20-42(44)51)37-24-26-45-48(31-37)58-54(35-13-3-1-4-14-35)55-53(45)40-18-8-7-15-38(40)33-57-55/h1-31,33H. The predicted molar refractivity (Wildman–Crippen MR) is 245 cm³/mol. The second-order valence-corrected chi connectivity index (χ2v) is 15.2. The Labute approximate surface area is 339 Å². The Morgan fingerprint density at radius 3 is 1.68 bits per heavy atom. The van der Waals surface area contributed by atoms with Crippen molar-refractivity contribution in [3.05, 3.63) is 200 Å². The second-order valence-electron chi connectivity index (χ2n) is 15.2. The first-order valence-electron chi connectivity index (χ1n) is 19.9. The fraction of sp³-hybridized carbons (Fsp3) is 0. The lowest BCUT2D eigenvalue weighted by atomic mass is 9.85. The number of hydrogen-bond acceptors (Lipinski definition) is 3. The number of pyridine rings is 2. The summed E-state index contributed by atoms with van der Waals surface area (Å²) in [4.78, 5) is 10.4. The van der Waals surface area contributed by atoms with Crippen LogP contribution in [0.3, 0.4) is 0 Å². The van der Waals surface area contributed by atoms with E-state index >= 15 is 0 Å². The highest BCUT2D eigenvalue weighted by Crippen LogP contribution is 2.46. The molecule has 0 aliphatic heterocycles. The van der Waals surface area contributed by atoms with Gasteiger partial charge in [-0.3, -0.25) is 4.98 Å². The Morgan fingerprint density at radius 2 is 1.00 bits per heavy atom. The van der Waals surface area contributed by atoms with Crippen molar-refractivity contribution in [2.75, 3.05) is 0 Å². The average Bonchev–Trinajstić information content (AvgIpc) is 3.63. The minimum absolute atomic E-state index is 0.647. The van der Waals surface area contributed by atoms with E-state index in [1.165, 1.54) is 38.1 Å². The quantitative estimate of drug-likeness (QED) is 0.133. The van der Waals surface area contributed by atoms with Gasteiger partial charge in [-0.2, -0.15) is 5.26 Å². The molecule has 0 saturated carbocycles. The molecule has 0 N–H and O–H groups in total. The first-order valence-corrected chi connectivity index (χ1v) is 19.9. The van der Waals surface area contributed by atoms with Crippen LogP contribution < -0.4 is 0 Å². The molecule has 0 bridgehead atoms. The highest BCUT2D eigenvalue weighted by Gasteiger charge is 2.21. The van der Waals surface area contributed by atoms with Crippen molar-refractivity contribution in [2.24, 2.45) is 0 Å². The smallest absolute Gasteiger partial charge is 0.0991 e. The van der Waals surface area contributed by atoms with Crippen LogP contribution in [0.2, 0.25) is 0 Å². The predicted octanol–water partition coefficient (Wildman–Crippen LogP) is 14.2. The molecule has 12 rings (SSSR count). The van der Waals surface area contributed by atoms with Crippen molar-refractivity contribution < 1.29 is 0 Å². The summed E-state index contributed by atoms with van der Waals surface area (Å²) in [7, 11) is 0. The van der Waals surface area contributed by atoms with Crippen LogP contribution in [-0.2, 0) is 0 Å². The summed E-state index contributed by atoms with van der Waals surface area (Å²) in [5.41, 5.74) is 12.3. The average molecular weight is 749 g/mol. The van der Waals surface area contributed by atoms with E-state index in [1.54, 1.807) is 0 Å².